The lowest BCUT2D eigenvalue weighted by atomic mass is 10.2. The van der Waals surface area contributed by atoms with Crippen LogP contribution < -0.4 is 10.1 Å². The zero-order chi connectivity index (χ0) is 16.2. The minimum atomic E-state index is 0.344. The molecule has 2 heterocycles. The number of pyridine rings is 1. The average molecular weight is 322 g/mol. The predicted octanol–water partition coefficient (Wildman–Crippen LogP) is 4.44. The number of hydrogen-bond donors (Lipinski definition) is 1. The van der Waals surface area contributed by atoms with Gasteiger partial charge in [0.1, 0.15) is 17.4 Å². The monoisotopic (exact) mass is 322 g/mol. The maximum absolute atomic E-state index is 5.96. The number of benzene rings is 1. The lowest BCUT2D eigenvalue weighted by Gasteiger charge is -2.12. The predicted molar refractivity (Wildman–Crippen MR) is 93.9 cm³/mol. The fourth-order valence-electron chi connectivity index (χ4n) is 3.26. The van der Waals surface area contributed by atoms with E-state index in [1.807, 2.05) is 36.5 Å². The quantitative estimate of drug-likeness (QED) is 0.729. The van der Waals surface area contributed by atoms with Crippen LogP contribution in [0.25, 0.3) is 11.0 Å². The van der Waals surface area contributed by atoms with Crippen LogP contribution in [-0.2, 0) is 13.1 Å². The van der Waals surface area contributed by atoms with Crippen LogP contribution >= 0.6 is 0 Å². The molecule has 124 valence electrons. The maximum Gasteiger partial charge on any atom is 0.213 e. The van der Waals surface area contributed by atoms with Crippen molar-refractivity contribution >= 4 is 11.0 Å². The second-order valence-electron chi connectivity index (χ2n) is 6.38. The van der Waals surface area contributed by atoms with Crippen LogP contribution in [0.4, 0.5) is 0 Å². The van der Waals surface area contributed by atoms with E-state index in [9.17, 15) is 0 Å². The molecule has 1 aromatic carbocycles. The molecule has 3 aromatic rings. The molecule has 0 radical (unpaired) electrons. The van der Waals surface area contributed by atoms with E-state index in [0.717, 1.165) is 42.0 Å². The minimum absolute atomic E-state index is 0.344. The van der Waals surface area contributed by atoms with Gasteiger partial charge in [-0.3, -0.25) is 0 Å². The molecule has 4 heteroatoms. The molecule has 4 rings (SSSR count). The number of nitrogens with zero attached hydrogens (tertiary/aromatic N) is 1. The number of hydrogen-bond acceptors (Lipinski definition) is 4. The molecule has 0 atom stereocenters. The minimum Gasteiger partial charge on any atom is -0.474 e. The molecule has 4 nitrogen and oxygen atoms in total. The summed E-state index contributed by atoms with van der Waals surface area (Å²) in [6, 6.07) is 14.2. The summed E-state index contributed by atoms with van der Waals surface area (Å²) in [6.07, 6.45) is 7.00. The summed E-state index contributed by atoms with van der Waals surface area (Å²) in [6.45, 7) is 1.47. The highest BCUT2D eigenvalue weighted by Crippen LogP contribution is 2.23. The van der Waals surface area contributed by atoms with E-state index < -0.39 is 0 Å². The fourth-order valence-corrected chi connectivity index (χ4v) is 3.26. The van der Waals surface area contributed by atoms with Crippen molar-refractivity contribution in [3.05, 3.63) is 60.0 Å². The standard InChI is InChI=1S/C20H22N2O2/c1-4-8-19-16(5-1)12-18(23-19)14-21-13-15-9-10-22-20(11-15)24-17-6-2-3-7-17/h1,4-5,8-12,17,21H,2-3,6-7,13-14H2. The van der Waals surface area contributed by atoms with Crippen molar-refractivity contribution in [2.75, 3.05) is 0 Å². The number of fused-ring (bicyclic) bond motifs is 1. The zero-order valence-corrected chi connectivity index (χ0v) is 13.7. The molecule has 0 amide bonds. The van der Waals surface area contributed by atoms with Crippen LogP contribution in [0, 0.1) is 0 Å². The molecule has 1 saturated carbocycles. The molecule has 0 unspecified atom stereocenters. The number of para-hydroxylation sites is 1. The van der Waals surface area contributed by atoms with Gasteiger partial charge in [-0.05, 0) is 49.4 Å². The first-order chi connectivity index (χ1) is 11.9. The third-order valence-electron chi connectivity index (χ3n) is 4.49. The molecule has 0 saturated heterocycles. The number of furan rings is 1. The largest absolute Gasteiger partial charge is 0.474 e. The first-order valence-electron chi connectivity index (χ1n) is 8.66. The Morgan fingerprint density at radius 1 is 1.08 bits per heavy atom. The summed E-state index contributed by atoms with van der Waals surface area (Å²) in [7, 11) is 0. The third kappa shape index (κ3) is 3.60. The summed E-state index contributed by atoms with van der Waals surface area (Å²) >= 11 is 0. The first kappa shape index (κ1) is 15.2. The highest BCUT2D eigenvalue weighted by molar-refractivity contribution is 5.77. The highest BCUT2D eigenvalue weighted by Gasteiger charge is 2.16. The Morgan fingerprint density at radius 2 is 1.96 bits per heavy atom. The van der Waals surface area contributed by atoms with Gasteiger partial charge >= 0.3 is 0 Å². The van der Waals surface area contributed by atoms with Gasteiger partial charge in [-0.25, -0.2) is 4.98 Å². The van der Waals surface area contributed by atoms with Crippen molar-refractivity contribution in [3.63, 3.8) is 0 Å². The topological polar surface area (TPSA) is 47.3 Å². The van der Waals surface area contributed by atoms with Gasteiger partial charge in [-0.15, -0.1) is 0 Å². The first-order valence-corrected chi connectivity index (χ1v) is 8.66. The molecule has 0 spiro atoms. The van der Waals surface area contributed by atoms with Crippen LogP contribution in [0.3, 0.4) is 0 Å². The van der Waals surface area contributed by atoms with Gasteiger partial charge in [-0.1, -0.05) is 18.2 Å². The van der Waals surface area contributed by atoms with Crippen molar-refractivity contribution in [2.24, 2.45) is 0 Å². The summed E-state index contributed by atoms with van der Waals surface area (Å²) < 4.78 is 11.8. The van der Waals surface area contributed by atoms with E-state index in [2.05, 4.69) is 22.4 Å². The van der Waals surface area contributed by atoms with Gasteiger partial charge in [0.2, 0.25) is 5.88 Å². The van der Waals surface area contributed by atoms with Gasteiger partial charge in [-0.2, -0.15) is 0 Å². The molecule has 1 aliphatic carbocycles. The van der Waals surface area contributed by atoms with Gasteiger partial charge in [0, 0.05) is 24.2 Å². The number of rotatable bonds is 6. The van der Waals surface area contributed by atoms with Crippen LogP contribution in [-0.4, -0.2) is 11.1 Å². The SMILES string of the molecule is c1ccc2oc(CNCc3ccnc(OC4CCCC4)c3)cc2c1. The van der Waals surface area contributed by atoms with Gasteiger partial charge in [0.15, 0.2) is 0 Å². The van der Waals surface area contributed by atoms with Gasteiger partial charge in [0.05, 0.1) is 6.54 Å². The second-order valence-corrected chi connectivity index (χ2v) is 6.38. The summed E-state index contributed by atoms with van der Waals surface area (Å²) in [5.41, 5.74) is 2.11. The van der Waals surface area contributed by atoms with E-state index >= 15 is 0 Å². The van der Waals surface area contributed by atoms with Crippen molar-refractivity contribution in [1.29, 1.82) is 0 Å². The summed E-state index contributed by atoms with van der Waals surface area (Å²) in [5, 5.41) is 4.57. The average Bonchev–Trinajstić information content (AvgIpc) is 3.24. The smallest absolute Gasteiger partial charge is 0.213 e. The van der Waals surface area contributed by atoms with E-state index in [1.54, 1.807) is 0 Å². The van der Waals surface area contributed by atoms with Crippen molar-refractivity contribution in [3.8, 4) is 5.88 Å². The number of aromatic nitrogens is 1. The van der Waals surface area contributed by atoms with E-state index in [0.29, 0.717) is 12.6 Å². The third-order valence-corrected chi connectivity index (χ3v) is 4.49. The van der Waals surface area contributed by atoms with Crippen molar-refractivity contribution < 1.29 is 9.15 Å². The van der Waals surface area contributed by atoms with E-state index in [1.165, 1.54) is 18.4 Å². The highest BCUT2D eigenvalue weighted by atomic mass is 16.5. The number of nitrogens with one attached hydrogen (secondary N) is 1. The van der Waals surface area contributed by atoms with Crippen LogP contribution in [0.5, 0.6) is 5.88 Å². The molecule has 1 fully saturated rings. The lowest BCUT2D eigenvalue weighted by molar-refractivity contribution is 0.201. The Balaban J connectivity index is 1.33. The maximum atomic E-state index is 5.96. The van der Waals surface area contributed by atoms with E-state index in [4.69, 9.17) is 9.15 Å². The van der Waals surface area contributed by atoms with Crippen LogP contribution in [0.15, 0.2) is 53.1 Å². The van der Waals surface area contributed by atoms with Crippen LogP contribution in [0.2, 0.25) is 0 Å². The molecule has 1 N–H and O–H groups in total. The molecule has 0 aliphatic heterocycles. The zero-order valence-electron chi connectivity index (χ0n) is 13.7. The van der Waals surface area contributed by atoms with Crippen molar-refractivity contribution in [2.45, 2.75) is 44.9 Å². The Bertz CT molecular complexity index is 773. The Morgan fingerprint density at radius 3 is 2.83 bits per heavy atom. The Hall–Kier alpha value is -2.33. The van der Waals surface area contributed by atoms with Crippen LogP contribution in [0.1, 0.15) is 37.0 Å². The molecular formula is C20H22N2O2. The lowest BCUT2D eigenvalue weighted by Crippen LogP contribution is -2.14. The number of ether oxygens (including phenoxy) is 1. The van der Waals surface area contributed by atoms with E-state index in [-0.39, 0.29) is 0 Å². The molecule has 0 bridgehead atoms. The molecular weight excluding hydrogens is 300 g/mol. The normalized spacial score (nSPS) is 15.2. The van der Waals surface area contributed by atoms with Gasteiger partial charge < -0.3 is 14.5 Å². The van der Waals surface area contributed by atoms with Gasteiger partial charge in [0.25, 0.3) is 0 Å². The molecule has 24 heavy (non-hydrogen) atoms. The summed E-state index contributed by atoms with van der Waals surface area (Å²) in [4.78, 5) is 4.33. The summed E-state index contributed by atoms with van der Waals surface area (Å²) in [5.74, 6) is 1.69. The van der Waals surface area contributed by atoms with Crippen molar-refractivity contribution in [1.82, 2.24) is 10.3 Å². The Labute approximate surface area is 141 Å². The second kappa shape index (κ2) is 7.05. The Kier molecular flexibility index (Phi) is 4.47. The molecule has 1 aliphatic rings. The molecule has 2 aromatic heterocycles. The fraction of sp³-hybridized carbons (Fsp3) is 0.350.